The quantitative estimate of drug-likeness (QED) is 0.578. The van der Waals surface area contributed by atoms with Gasteiger partial charge in [0.2, 0.25) is 0 Å². The van der Waals surface area contributed by atoms with Gasteiger partial charge in [-0.3, -0.25) is 4.79 Å². The van der Waals surface area contributed by atoms with Crippen molar-refractivity contribution in [2.24, 2.45) is 5.73 Å². The van der Waals surface area contributed by atoms with Crippen LogP contribution in [0.15, 0.2) is 18.2 Å². The molecule has 11 heteroatoms. The lowest BCUT2D eigenvalue weighted by Gasteiger charge is -2.24. The molecule has 1 aromatic carbocycles. The summed E-state index contributed by atoms with van der Waals surface area (Å²) in [5.41, 5.74) is 11.1. The number of aromatic carboxylic acids is 1. The average Bonchev–Trinajstić information content (AvgIpc) is 3.29. The third-order valence-electron chi connectivity index (χ3n) is 4.88. The number of carboxylic acids is 1. The fourth-order valence-corrected chi connectivity index (χ4v) is 3.60. The number of carbonyl (C=O) groups is 3. The molecular formula is C22H24ClN5O5. The maximum atomic E-state index is 12.4. The molecule has 0 spiro atoms. The van der Waals surface area contributed by atoms with Crippen LogP contribution in [0.1, 0.15) is 65.2 Å². The van der Waals surface area contributed by atoms with Crippen molar-refractivity contribution < 1.29 is 24.2 Å². The number of nitrogens with zero attached hydrogens (tertiary/aromatic N) is 3. The van der Waals surface area contributed by atoms with Crippen LogP contribution in [0.5, 0.6) is 0 Å². The average molecular weight is 474 g/mol. The number of halogens is 1. The standard InChI is InChI=1S/C22H24ClN5O5/c1-22(2,3)33-21(32)27-9-8-14(11-27)28-18(24)17(19(25)29)16(26-28)7-4-12-10-13(23)5-6-15(12)20(30)31/h5-6,10,14H,8-9,11,24H2,1-3H3,(H2,25,29)(H,30,31). The first-order chi connectivity index (χ1) is 15.4. The Bertz CT molecular complexity index is 1190. The van der Waals surface area contributed by atoms with Gasteiger partial charge in [-0.1, -0.05) is 17.5 Å². The molecule has 1 saturated heterocycles. The minimum Gasteiger partial charge on any atom is -0.478 e. The topological polar surface area (TPSA) is 154 Å². The molecule has 2 amide bonds. The number of primary amides is 1. The van der Waals surface area contributed by atoms with Gasteiger partial charge in [0.05, 0.1) is 11.6 Å². The molecule has 1 aliphatic heterocycles. The van der Waals surface area contributed by atoms with Crippen molar-refractivity contribution in [3.63, 3.8) is 0 Å². The number of aromatic nitrogens is 2. The summed E-state index contributed by atoms with van der Waals surface area (Å²) in [6, 6.07) is 3.86. The van der Waals surface area contributed by atoms with Crippen molar-refractivity contribution in [2.75, 3.05) is 18.8 Å². The first-order valence-corrected chi connectivity index (χ1v) is 10.5. The predicted molar refractivity (Wildman–Crippen MR) is 121 cm³/mol. The molecule has 33 heavy (non-hydrogen) atoms. The van der Waals surface area contributed by atoms with E-state index in [1.807, 2.05) is 0 Å². The van der Waals surface area contributed by atoms with E-state index < -0.39 is 23.6 Å². The molecule has 5 N–H and O–H groups in total. The molecular weight excluding hydrogens is 450 g/mol. The molecule has 174 valence electrons. The van der Waals surface area contributed by atoms with Gasteiger partial charge in [-0.25, -0.2) is 14.3 Å². The molecule has 1 unspecified atom stereocenters. The number of carboxylic acid groups (broad SMARTS) is 1. The van der Waals surface area contributed by atoms with Crippen LogP contribution < -0.4 is 11.5 Å². The Kier molecular flexibility index (Phi) is 6.56. The molecule has 0 aliphatic carbocycles. The number of hydrogen-bond acceptors (Lipinski definition) is 6. The zero-order chi connectivity index (χ0) is 24.5. The van der Waals surface area contributed by atoms with Gasteiger partial charge >= 0.3 is 12.1 Å². The molecule has 1 aliphatic rings. The van der Waals surface area contributed by atoms with Crippen LogP contribution in [0.25, 0.3) is 0 Å². The van der Waals surface area contributed by atoms with E-state index in [-0.39, 0.29) is 40.8 Å². The summed E-state index contributed by atoms with van der Waals surface area (Å²) >= 11 is 5.96. The third kappa shape index (κ3) is 5.38. The minimum absolute atomic E-state index is 0.00651. The van der Waals surface area contributed by atoms with Gasteiger partial charge in [-0.15, -0.1) is 0 Å². The van der Waals surface area contributed by atoms with Crippen LogP contribution in [0, 0.1) is 11.8 Å². The highest BCUT2D eigenvalue weighted by Gasteiger charge is 2.33. The van der Waals surface area contributed by atoms with Gasteiger partial charge < -0.3 is 26.2 Å². The van der Waals surface area contributed by atoms with Gasteiger partial charge in [0, 0.05) is 23.7 Å². The second-order valence-corrected chi connectivity index (χ2v) is 8.97. The maximum absolute atomic E-state index is 12.4. The molecule has 2 heterocycles. The molecule has 10 nitrogen and oxygen atoms in total. The maximum Gasteiger partial charge on any atom is 0.410 e. The number of amides is 2. The summed E-state index contributed by atoms with van der Waals surface area (Å²) in [4.78, 5) is 37.4. The zero-order valence-electron chi connectivity index (χ0n) is 18.4. The Labute approximate surface area is 195 Å². The summed E-state index contributed by atoms with van der Waals surface area (Å²) in [6.07, 6.45) is 0.0845. The largest absolute Gasteiger partial charge is 0.478 e. The Balaban J connectivity index is 1.93. The summed E-state index contributed by atoms with van der Waals surface area (Å²) in [6.45, 7) is 6.05. The van der Waals surface area contributed by atoms with E-state index in [2.05, 4.69) is 16.9 Å². The molecule has 3 rings (SSSR count). The van der Waals surface area contributed by atoms with Crippen molar-refractivity contribution in [2.45, 2.75) is 38.8 Å². The van der Waals surface area contributed by atoms with Crippen molar-refractivity contribution in [3.05, 3.63) is 45.6 Å². The number of nitrogen functional groups attached to an aromatic ring is 1. The highest BCUT2D eigenvalue weighted by molar-refractivity contribution is 6.30. The van der Waals surface area contributed by atoms with Crippen LogP contribution in [0.3, 0.4) is 0 Å². The number of hydrogen-bond donors (Lipinski definition) is 3. The van der Waals surface area contributed by atoms with Gasteiger partial charge in [-0.2, -0.15) is 5.10 Å². The normalized spacial score (nSPS) is 15.6. The monoisotopic (exact) mass is 473 g/mol. The van der Waals surface area contributed by atoms with Crippen LogP contribution in [0.2, 0.25) is 5.02 Å². The zero-order valence-corrected chi connectivity index (χ0v) is 19.1. The molecule has 1 aromatic heterocycles. The summed E-state index contributed by atoms with van der Waals surface area (Å²) in [5.74, 6) is 3.40. The highest BCUT2D eigenvalue weighted by atomic mass is 35.5. The van der Waals surface area contributed by atoms with Crippen molar-refractivity contribution >= 4 is 35.4 Å². The van der Waals surface area contributed by atoms with Gasteiger partial charge in [0.1, 0.15) is 17.0 Å². The SMILES string of the molecule is CC(C)(C)OC(=O)N1CCC(n2nc(C#Cc3cc(Cl)ccc3C(=O)O)c(C(N)=O)c2N)C1. The van der Waals surface area contributed by atoms with Gasteiger partial charge in [0.15, 0.2) is 5.69 Å². The van der Waals surface area contributed by atoms with Crippen molar-refractivity contribution in [1.82, 2.24) is 14.7 Å². The lowest BCUT2D eigenvalue weighted by molar-refractivity contribution is 0.0288. The van der Waals surface area contributed by atoms with Gasteiger partial charge in [-0.05, 0) is 51.3 Å². The van der Waals surface area contributed by atoms with Crippen molar-refractivity contribution in [1.29, 1.82) is 0 Å². The number of benzene rings is 1. The Hall–Kier alpha value is -3.71. The summed E-state index contributed by atoms with van der Waals surface area (Å²) in [5, 5.41) is 14.0. The summed E-state index contributed by atoms with van der Waals surface area (Å²) in [7, 11) is 0. The lowest BCUT2D eigenvalue weighted by atomic mass is 10.1. The molecule has 2 aromatic rings. The van der Waals surface area contributed by atoms with E-state index in [1.54, 1.807) is 20.8 Å². The summed E-state index contributed by atoms with van der Waals surface area (Å²) < 4.78 is 6.82. The van der Waals surface area contributed by atoms with E-state index in [1.165, 1.54) is 27.8 Å². The third-order valence-corrected chi connectivity index (χ3v) is 5.12. The Morgan fingerprint density at radius 3 is 2.58 bits per heavy atom. The number of ether oxygens (including phenoxy) is 1. The van der Waals surface area contributed by atoms with Gasteiger partial charge in [0.25, 0.3) is 5.91 Å². The van der Waals surface area contributed by atoms with Crippen LogP contribution >= 0.6 is 11.6 Å². The van der Waals surface area contributed by atoms with Crippen molar-refractivity contribution in [3.8, 4) is 11.8 Å². The fraction of sp³-hybridized carbons (Fsp3) is 0.364. The van der Waals surface area contributed by atoms with E-state index in [9.17, 15) is 19.5 Å². The second kappa shape index (κ2) is 9.03. The molecule has 1 fully saturated rings. The highest BCUT2D eigenvalue weighted by Crippen LogP contribution is 2.28. The number of rotatable bonds is 3. The van der Waals surface area contributed by atoms with E-state index in [0.717, 1.165) is 0 Å². The Morgan fingerprint density at radius 2 is 1.97 bits per heavy atom. The molecule has 0 saturated carbocycles. The van der Waals surface area contributed by atoms with E-state index >= 15 is 0 Å². The predicted octanol–water partition coefficient (Wildman–Crippen LogP) is 2.50. The smallest absolute Gasteiger partial charge is 0.410 e. The van der Waals surface area contributed by atoms with Crippen LogP contribution in [0.4, 0.5) is 10.6 Å². The van der Waals surface area contributed by atoms with E-state index in [4.69, 9.17) is 27.8 Å². The second-order valence-electron chi connectivity index (χ2n) is 8.53. The first kappa shape index (κ1) is 23.9. The van der Waals surface area contributed by atoms with Crippen LogP contribution in [-0.4, -0.2) is 56.4 Å². The number of likely N-dealkylation sites (tertiary alicyclic amines) is 1. The number of anilines is 1. The molecule has 1 atom stereocenters. The molecule has 0 bridgehead atoms. The number of nitrogens with two attached hydrogens (primary N) is 2. The lowest BCUT2D eigenvalue weighted by Crippen LogP contribution is -2.35. The van der Waals surface area contributed by atoms with E-state index in [0.29, 0.717) is 18.0 Å². The molecule has 0 radical (unpaired) electrons. The first-order valence-electron chi connectivity index (χ1n) is 10.1. The fourth-order valence-electron chi connectivity index (χ4n) is 3.42. The van der Waals surface area contributed by atoms with Crippen LogP contribution in [-0.2, 0) is 4.74 Å². The minimum atomic E-state index is -1.18. The number of carbonyl (C=O) groups excluding carboxylic acids is 2. The Morgan fingerprint density at radius 1 is 1.27 bits per heavy atom.